The molecular formula is C14H21BrN2O. The quantitative estimate of drug-likeness (QED) is 0.849. The lowest BCUT2D eigenvalue weighted by molar-refractivity contribution is 0.0629. The fraction of sp³-hybridized carbons (Fsp3) is 0.500. The zero-order valence-electron chi connectivity index (χ0n) is 11.6. The van der Waals surface area contributed by atoms with Crippen molar-refractivity contribution in [2.45, 2.75) is 33.7 Å². The van der Waals surface area contributed by atoms with Gasteiger partial charge in [0.1, 0.15) is 0 Å². The number of rotatable bonds is 2. The Bertz CT molecular complexity index is 431. The second-order valence-corrected chi connectivity index (χ2v) is 6.65. The van der Waals surface area contributed by atoms with Gasteiger partial charge in [-0.3, -0.25) is 4.79 Å². The summed E-state index contributed by atoms with van der Waals surface area (Å²) in [7, 11) is 1.83. The van der Waals surface area contributed by atoms with Crippen LogP contribution in [0.5, 0.6) is 0 Å². The topological polar surface area (TPSA) is 46.3 Å². The number of amides is 1. The maximum Gasteiger partial charge on any atom is 0.253 e. The summed E-state index contributed by atoms with van der Waals surface area (Å²) in [6.07, 6.45) is 0. The molecule has 0 aliphatic carbocycles. The van der Waals surface area contributed by atoms with E-state index in [2.05, 4.69) is 43.6 Å². The first kappa shape index (κ1) is 15.0. The lowest BCUT2D eigenvalue weighted by Crippen LogP contribution is -2.42. The Kier molecular flexibility index (Phi) is 4.43. The smallest absolute Gasteiger partial charge is 0.253 e. The number of nitrogen functional groups attached to an aromatic ring is 1. The van der Waals surface area contributed by atoms with Crippen LogP contribution >= 0.6 is 15.9 Å². The number of nitrogens with zero attached hydrogens (tertiary/aromatic N) is 1. The lowest BCUT2D eigenvalue weighted by atomic mass is 9.87. The van der Waals surface area contributed by atoms with E-state index in [0.29, 0.717) is 11.3 Å². The zero-order valence-corrected chi connectivity index (χ0v) is 13.2. The van der Waals surface area contributed by atoms with Crippen LogP contribution in [0.15, 0.2) is 22.7 Å². The highest BCUT2D eigenvalue weighted by molar-refractivity contribution is 9.10. The van der Waals surface area contributed by atoms with E-state index in [0.717, 1.165) is 4.47 Å². The van der Waals surface area contributed by atoms with Crippen LogP contribution in [0.3, 0.4) is 0 Å². The molecule has 0 spiro atoms. The molecule has 1 atom stereocenters. The summed E-state index contributed by atoms with van der Waals surface area (Å²) in [5.41, 5.74) is 7.00. The molecule has 0 aliphatic heterocycles. The summed E-state index contributed by atoms with van der Waals surface area (Å²) in [5.74, 6) is -0.00887. The molecule has 0 radical (unpaired) electrons. The van der Waals surface area contributed by atoms with E-state index in [1.807, 2.05) is 7.05 Å². The Morgan fingerprint density at radius 1 is 1.33 bits per heavy atom. The minimum atomic E-state index is -0.00887. The first-order valence-corrected chi connectivity index (χ1v) is 6.75. The molecule has 0 saturated heterocycles. The molecule has 1 unspecified atom stereocenters. The van der Waals surface area contributed by atoms with E-state index in [1.54, 1.807) is 23.1 Å². The molecule has 0 heterocycles. The normalized spacial score (nSPS) is 13.2. The van der Waals surface area contributed by atoms with E-state index in [1.165, 1.54) is 0 Å². The molecule has 4 heteroatoms. The molecule has 1 rings (SSSR count). The fourth-order valence-corrected chi connectivity index (χ4v) is 2.21. The van der Waals surface area contributed by atoms with E-state index in [9.17, 15) is 4.79 Å². The van der Waals surface area contributed by atoms with Crippen LogP contribution in [0.4, 0.5) is 5.69 Å². The predicted molar refractivity (Wildman–Crippen MR) is 79.6 cm³/mol. The number of benzene rings is 1. The van der Waals surface area contributed by atoms with Crippen molar-refractivity contribution >= 4 is 27.5 Å². The van der Waals surface area contributed by atoms with Crippen LogP contribution in [0.25, 0.3) is 0 Å². The Labute approximate surface area is 117 Å². The Morgan fingerprint density at radius 2 is 1.89 bits per heavy atom. The second kappa shape index (κ2) is 5.31. The van der Waals surface area contributed by atoms with E-state index < -0.39 is 0 Å². The summed E-state index contributed by atoms with van der Waals surface area (Å²) in [6, 6.07) is 5.43. The molecule has 0 aliphatic rings. The van der Waals surface area contributed by atoms with Crippen molar-refractivity contribution < 1.29 is 4.79 Å². The van der Waals surface area contributed by atoms with Gasteiger partial charge < -0.3 is 10.6 Å². The molecule has 0 bridgehead atoms. The molecule has 1 aromatic rings. The van der Waals surface area contributed by atoms with Crippen LogP contribution in [-0.4, -0.2) is 23.9 Å². The summed E-state index contributed by atoms with van der Waals surface area (Å²) < 4.78 is 0.822. The third-order valence-corrected chi connectivity index (χ3v) is 3.78. The number of carbonyl (C=O) groups is 1. The highest BCUT2D eigenvalue weighted by atomic mass is 79.9. The van der Waals surface area contributed by atoms with E-state index >= 15 is 0 Å². The van der Waals surface area contributed by atoms with Gasteiger partial charge in [-0.25, -0.2) is 0 Å². The monoisotopic (exact) mass is 312 g/mol. The van der Waals surface area contributed by atoms with Crippen LogP contribution < -0.4 is 5.73 Å². The molecule has 0 aromatic heterocycles. The molecule has 0 saturated carbocycles. The standard InChI is InChI=1S/C14H21BrN2O/c1-9(14(2,3)4)17(5)13(18)10-6-11(15)8-12(16)7-10/h6-9H,16H2,1-5H3. The van der Waals surface area contributed by atoms with Crippen LogP contribution in [0.2, 0.25) is 0 Å². The number of hydrogen-bond acceptors (Lipinski definition) is 2. The average Bonchev–Trinajstić information content (AvgIpc) is 2.23. The van der Waals surface area contributed by atoms with Gasteiger partial charge in [0.25, 0.3) is 5.91 Å². The van der Waals surface area contributed by atoms with Gasteiger partial charge in [0, 0.05) is 28.8 Å². The largest absolute Gasteiger partial charge is 0.399 e. The number of nitrogens with two attached hydrogens (primary N) is 1. The fourth-order valence-electron chi connectivity index (χ4n) is 1.70. The van der Waals surface area contributed by atoms with Gasteiger partial charge >= 0.3 is 0 Å². The van der Waals surface area contributed by atoms with Crippen molar-refractivity contribution in [3.63, 3.8) is 0 Å². The van der Waals surface area contributed by atoms with Crippen molar-refractivity contribution in [1.82, 2.24) is 4.90 Å². The third-order valence-electron chi connectivity index (χ3n) is 3.32. The van der Waals surface area contributed by atoms with Gasteiger partial charge in [0.15, 0.2) is 0 Å². The summed E-state index contributed by atoms with van der Waals surface area (Å²) in [4.78, 5) is 14.2. The molecule has 2 N–H and O–H groups in total. The summed E-state index contributed by atoms with van der Waals surface area (Å²) in [6.45, 7) is 8.42. The lowest BCUT2D eigenvalue weighted by Gasteiger charge is -2.35. The first-order chi connectivity index (χ1) is 8.12. The highest BCUT2D eigenvalue weighted by Crippen LogP contribution is 2.25. The van der Waals surface area contributed by atoms with Crippen molar-refractivity contribution in [2.75, 3.05) is 12.8 Å². The number of carbonyl (C=O) groups excluding carboxylic acids is 1. The van der Waals surface area contributed by atoms with Gasteiger partial charge in [-0.15, -0.1) is 0 Å². The van der Waals surface area contributed by atoms with Crippen LogP contribution in [0, 0.1) is 5.41 Å². The van der Waals surface area contributed by atoms with Gasteiger partial charge in [-0.05, 0) is 30.5 Å². The average molecular weight is 313 g/mol. The molecular weight excluding hydrogens is 292 g/mol. The molecule has 18 heavy (non-hydrogen) atoms. The number of anilines is 1. The SMILES string of the molecule is CC(N(C)C(=O)c1cc(N)cc(Br)c1)C(C)(C)C. The third kappa shape index (κ3) is 3.48. The Morgan fingerprint density at radius 3 is 2.33 bits per heavy atom. The molecule has 100 valence electrons. The Hall–Kier alpha value is -1.03. The molecule has 1 amide bonds. The zero-order chi connectivity index (χ0) is 14.1. The molecule has 3 nitrogen and oxygen atoms in total. The second-order valence-electron chi connectivity index (χ2n) is 5.73. The van der Waals surface area contributed by atoms with Gasteiger partial charge in [0.2, 0.25) is 0 Å². The number of hydrogen-bond donors (Lipinski definition) is 1. The van der Waals surface area contributed by atoms with Crippen molar-refractivity contribution in [2.24, 2.45) is 5.41 Å². The molecule has 1 aromatic carbocycles. The summed E-state index contributed by atoms with van der Waals surface area (Å²) >= 11 is 3.36. The van der Waals surface area contributed by atoms with Crippen molar-refractivity contribution in [1.29, 1.82) is 0 Å². The predicted octanol–water partition coefficient (Wildman–Crippen LogP) is 3.54. The van der Waals surface area contributed by atoms with Crippen molar-refractivity contribution in [3.8, 4) is 0 Å². The van der Waals surface area contributed by atoms with E-state index in [-0.39, 0.29) is 17.4 Å². The minimum Gasteiger partial charge on any atom is -0.399 e. The minimum absolute atomic E-state index is 0.00887. The van der Waals surface area contributed by atoms with Crippen LogP contribution in [0.1, 0.15) is 38.1 Å². The van der Waals surface area contributed by atoms with E-state index in [4.69, 9.17) is 5.73 Å². The Balaban J connectivity index is 3.00. The maximum atomic E-state index is 12.4. The van der Waals surface area contributed by atoms with Gasteiger partial charge in [0.05, 0.1) is 0 Å². The van der Waals surface area contributed by atoms with Crippen molar-refractivity contribution in [3.05, 3.63) is 28.2 Å². The van der Waals surface area contributed by atoms with Gasteiger partial charge in [-0.1, -0.05) is 36.7 Å². The highest BCUT2D eigenvalue weighted by Gasteiger charge is 2.27. The molecule has 0 fully saturated rings. The van der Waals surface area contributed by atoms with Gasteiger partial charge in [-0.2, -0.15) is 0 Å². The van der Waals surface area contributed by atoms with Crippen LogP contribution in [-0.2, 0) is 0 Å². The summed E-state index contributed by atoms with van der Waals surface area (Å²) in [5, 5.41) is 0. The number of halogens is 1. The first-order valence-electron chi connectivity index (χ1n) is 5.96. The maximum absolute atomic E-state index is 12.4.